The molecule has 1 saturated heterocycles. The monoisotopic (exact) mass is 246 g/mol. The number of imide groups is 1. The first-order valence-corrected chi connectivity index (χ1v) is 5.69. The Labute approximate surface area is 105 Å². The zero-order chi connectivity index (χ0) is 13.2. The number of rotatable bonds is 4. The van der Waals surface area contributed by atoms with Crippen molar-refractivity contribution < 1.29 is 14.4 Å². The molecule has 1 aliphatic heterocycles. The maximum absolute atomic E-state index is 11.9. The molecule has 0 saturated carbocycles. The second-order valence-electron chi connectivity index (χ2n) is 4.37. The summed E-state index contributed by atoms with van der Waals surface area (Å²) in [7, 11) is 1.37. The van der Waals surface area contributed by atoms with Crippen LogP contribution in [0.5, 0.6) is 0 Å². The highest BCUT2D eigenvalue weighted by atomic mass is 16.2. The molecule has 0 radical (unpaired) electrons. The molecule has 94 valence electrons. The van der Waals surface area contributed by atoms with Gasteiger partial charge in [-0.15, -0.1) is 0 Å². The van der Waals surface area contributed by atoms with Gasteiger partial charge in [-0.2, -0.15) is 0 Å². The van der Waals surface area contributed by atoms with Crippen molar-refractivity contribution in [3.8, 4) is 0 Å². The van der Waals surface area contributed by atoms with Crippen molar-refractivity contribution in [2.45, 2.75) is 18.4 Å². The number of amides is 3. The van der Waals surface area contributed by atoms with Crippen LogP contribution >= 0.6 is 0 Å². The second-order valence-corrected chi connectivity index (χ2v) is 4.37. The molecule has 0 bridgehead atoms. The maximum atomic E-state index is 11.9. The molecule has 1 aliphatic rings. The van der Waals surface area contributed by atoms with Crippen molar-refractivity contribution in [2.75, 3.05) is 7.05 Å². The first-order chi connectivity index (χ1) is 8.59. The molecule has 0 aliphatic carbocycles. The minimum Gasteiger partial charge on any atom is -0.317 e. The van der Waals surface area contributed by atoms with Crippen molar-refractivity contribution in [2.24, 2.45) is 0 Å². The smallest absolute Gasteiger partial charge is 0.317 e. The summed E-state index contributed by atoms with van der Waals surface area (Å²) in [5, 5.41) is 2.46. The summed E-state index contributed by atoms with van der Waals surface area (Å²) >= 11 is 0. The standard InChI is InChI=1S/C13H14N2O3/c1-15-11(17)13(9-16,14-12(15)18)8-7-10-5-3-2-4-6-10/h2-6,9H,7-8H2,1H3,(H,14,18)/t13-/m1/s1. The lowest BCUT2D eigenvalue weighted by molar-refractivity contribution is -0.134. The highest BCUT2D eigenvalue weighted by Crippen LogP contribution is 2.20. The van der Waals surface area contributed by atoms with E-state index in [0.29, 0.717) is 12.7 Å². The lowest BCUT2D eigenvalue weighted by Crippen LogP contribution is -2.48. The summed E-state index contributed by atoms with van der Waals surface area (Å²) in [4.78, 5) is 35.4. The molecular formula is C13H14N2O3. The molecule has 1 aromatic carbocycles. The fraction of sp³-hybridized carbons (Fsp3) is 0.308. The Bertz CT molecular complexity index is 486. The summed E-state index contributed by atoms with van der Waals surface area (Å²) in [6.07, 6.45) is 1.36. The van der Waals surface area contributed by atoms with Gasteiger partial charge >= 0.3 is 6.03 Å². The average molecular weight is 246 g/mol. The minimum absolute atomic E-state index is 0.273. The van der Waals surface area contributed by atoms with Gasteiger partial charge in [0, 0.05) is 7.05 Å². The fourth-order valence-electron chi connectivity index (χ4n) is 2.01. The molecule has 0 unspecified atom stereocenters. The molecular weight excluding hydrogens is 232 g/mol. The summed E-state index contributed by atoms with van der Waals surface area (Å²) in [5.74, 6) is -0.488. The second kappa shape index (κ2) is 4.60. The highest BCUT2D eigenvalue weighted by Gasteiger charge is 2.49. The number of nitrogens with one attached hydrogen (secondary N) is 1. The molecule has 18 heavy (non-hydrogen) atoms. The molecule has 5 nitrogen and oxygen atoms in total. The van der Waals surface area contributed by atoms with Gasteiger partial charge in [-0.3, -0.25) is 9.69 Å². The third-order valence-corrected chi connectivity index (χ3v) is 3.17. The molecule has 1 N–H and O–H groups in total. The molecule has 1 aromatic rings. The predicted octanol–water partition coefficient (Wildman–Crippen LogP) is 0.738. The van der Waals surface area contributed by atoms with E-state index >= 15 is 0 Å². The number of carbonyl (C=O) groups excluding carboxylic acids is 3. The van der Waals surface area contributed by atoms with Gasteiger partial charge in [0.1, 0.15) is 0 Å². The Morgan fingerprint density at radius 3 is 2.44 bits per heavy atom. The van der Waals surface area contributed by atoms with Gasteiger partial charge in [0.2, 0.25) is 0 Å². The molecule has 5 heteroatoms. The van der Waals surface area contributed by atoms with E-state index in [4.69, 9.17) is 0 Å². The van der Waals surface area contributed by atoms with E-state index in [-0.39, 0.29) is 6.42 Å². The van der Waals surface area contributed by atoms with Gasteiger partial charge < -0.3 is 10.1 Å². The topological polar surface area (TPSA) is 66.5 Å². The first kappa shape index (κ1) is 12.3. The van der Waals surface area contributed by atoms with Crippen LogP contribution in [0.4, 0.5) is 4.79 Å². The number of aryl methyl sites for hydroxylation is 1. The summed E-state index contributed by atoms with van der Waals surface area (Å²) < 4.78 is 0. The van der Waals surface area contributed by atoms with Gasteiger partial charge in [-0.1, -0.05) is 30.3 Å². The van der Waals surface area contributed by atoms with Gasteiger partial charge in [-0.25, -0.2) is 4.79 Å². The lowest BCUT2D eigenvalue weighted by atomic mass is 9.93. The Hall–Kier alpha value is -2.17. The number of urea groups is 1. The molecule has 0 aromatic heterocycles. The van der Waals surface area contributed by atoms with E-state index in [9.17, 15) is 14.4 Å². The van der Waals surface area contributed by atoms with Crippen molar-refractivity contribution in [3.05, 3.63) is 35.9 Å². The molecule has 1 atom stereocenters. The summed E-state index contributed by atoms with van der Waals surface area (Å²) in [6.45, 7) is 0. The maximum Gasteiger partial charge on any atom is 0.325 e. The van der Waals surface area contributed by atoms with Crippen LogP contribution in [0.15, 0.2) is 30.3 Å². The molecule has 0 spiro atoms. The Balaban J connectivity index is 2.13. The third kappa shape index (κ3) is 1.99. The van der Waals surface area contributed by atoms with Crippen molar-refractivity contribution in [3.63, 3.8) is 0 Å². The first-order valence-electron chi connectivity index (χ1n) is 5.69. The van der Waals surface area contributed by atoms with Crippen molar-refractivity contribution >= 4 is 18.2 Å². The lowest BCUT2D eigenvalue weighted by Gasteiger charge is -2.19. The Morgan fingerprint density at radius 2 is 1.94 bits per heavy atom. The van der Waals surface area contributed by atoms with Crippen LogP contribution in [0, 0.1) is 0 Å². The summed E-state index contributed by atoms with van der Waals surface area (Å²) in [6, 6.07) is 9.00. The SMILES string of the molecule is CN1C(=O)N[C@@](C=O)(CCc2ccccc2)C1=O. The molecule has 1 heterocycles. The van der Waals surface area contributed by atoms with E-state index in [1.54, 1.807) is 0 Å². The van der Waals surface area contributed by atoms with E-state index in [1.165, 1.54) is 7.05 Å². The van der Waals surface area contributed by atoms with Crippen LogP contribution in [0.3, 0.4) is 0 Å². The van der Waals surface area contributed by atoms with Crippen LogP contribution in [-0.2, 0) is 16.0 Å². The highest BCUT2D eigenvalue weighted by molar-refractivity contribution is 6.15. The van der Waals surface area contributed by atoms with E-state index in [0.717, 1.165) is 10.5 Å². The van der Waals surface area contributed by atoms with E-state index < -0.39 is 17.5 Å². The van der Waals surface area contributed by atoms with Crippen LogP contribution in [0.2, 0.25) is 0 Å². The van der Waals surface area contributed by atoms with Crippen LogP contribution < -0.4 is 5.32 Å². The third-order valence-electron chi connectivity index (χ3n) is 3.17. The van der Waals surface area contributed by atoms with E-state index in [1.807, 2.05) is 30.3 Å². The zero-order valence-corrected chi connectivity index (χ0v) is 10.1. The number of aldehydes is 1. The quantitative estimate of drug-likeness (QED) is 0.484. The van der Waals surface area contributed by atoms with Crippen LogP contribution in [0.25, 0.3) is 0 Å². The van der Waals surface area contributed by atoms with Crippen molar-refractivity contribution in [1.82, 2.24) is 10.2 Å². The normalized spacial score (nSPS) is 23.1. The average Bonchev–Trinajstić information content (AvgIpc) is 2.63. The van der Waals surface area contributed by atoms with Gasteiger partial charge in [-0.05, 0) is 18.4 Å². The fourth-order valence-corrected chi connectivity index (χ4v) is 2.01. The molecule has 2 rings (SSSR count). The molecule has 3 amide bonds. The van der Waals surface area contributed by atoms with Crippen molar-refractivity contribution in [1.29, 1.82) is 0 Å². The number of hydrogen-bond acceptors (Lipinski definition) is 3. The summed E-state index contributed by atoms with van der Waals surface area (Å²) in [5.41, 5.74) is -0.378. The largest absolute Gasteiger partial charge is 0.325 e. The number of nitrogens with zero attached hydrogens (tertiary/aromatic N) is 1. The van der Waals surface area contributed by atoms with Crippen LogP contribution in [0.1, 0.15) is 12.0 Å². The number of carbonyl (C=O) groups is 3. The molecule has 1 fully saturated rings. The number of benzene rings is 1. The number of hydrogen-bond donors (Lipinski definition) is 1. The Kier molecular flexibility index (Phi) is 3.14. The minimum atomic E-state index is -1.40. The van der Waals surface area contributed by atoms with E-state index in [2.05, 4.69) is 5.32 Å². The van der Waals surface area contributed by atoms with Crippen LogP contribution in [-0.4, -0.2) is 35.7 Å². The van der Waals surface area contributed by atoms with Gasteiger partial charge in [0.25, 0.3) is 5.91 Å². The van der Waals surface area contributed by atoms with Gasteiger partial charge in [0.05, 0.1) is 0 Å². The number of likely N-dealkylation sites (N-methyl/N-ethyl adjacent to an activating group) is 1. The van der Waals surface area contributed by atoms with Gasteiger partial charge in [0.15, 0.2) is 11.8 Å². The zero-order valence-electron chi connectivity index (χ0n) is 10.1. The Morgan fingerprint density at radius 1 is 1.28 bits per heavy atom. The predicted molar refractivity (Wildman–Crippen MR) is 64.9 cm³/mol.